The SMILES string of the molecule is C=CCOC(=O)c1ccccc1CO[C@H]1O[C@@H]2COC(c3ccccc3)O[C@H]2[C@H](O[C@@H]2O[C@@H]3COC(c4ccccc4)O[C@H]3[C@H](OCc3ccccc3)[C@@H]2OCc2ccc(OC)cc2)[C@H]1N=[N+]=[N-]. The number of hydrogen-bond donors (Lipinski definition) is 0. The topological polar surface area (TPSA) is 177 Å². The number of nitrogens with zero attached hydrogens (tertiary/aromatic N) is 3. The van der Waals surface area contributed by atoms with Gasteiger partial charge >= 0.3 is 5.97 Å². The molecule has 4 heterocycles. The molecule has 4 fully saturated rings. The second kappa shape index (κ2) is 22.9. The zero-order valence-electron chi connectivity index (χ0n) is 37.4. The maximum atomic E-state index is 13.1. The van der Waals surface area contributed by atoms with Crippen LogP contribution in [-0.2, 0) is 71.9 Å². The number of fused-ring (bicyclic) bond motifs is 2. The molecule has 0 aromatic heterocycles. The van der Waals surface area contributed by atoms with Crippen molar-refractivity contribution in [2.75, 3.05) is 26.9 Å². The van der Waals surface area contributed by atoms with Gasteiger partial charge in [-0.1, -0.05) is 139 Å². The van der Waals surface area contributed by atoms with Gasteiger partial charge in [0, 0.05) is 16.0 Å². The highest BCUT2D eigenvalue weighted by molar-refractivity contribution is 5.91. The summed E-state index contributed by atoms with van der Waals surface area (Å²) in [6.07, 6.45) is -8.37. The lowest BCUT2D eigenvalue weighted by Gasteiger charge is -2.52. The quantitative estimate of drug-likeness (QED) is 0.0269. The molecule has 0 aliphatic carbocycles. The molecule has 0 amide bonds. The lowest BCUT2D eigenvalue weighted by molar-refractivity contribution is -0.400. The van der Waals surface area contributed by atoms with Gasteiger partial charge in [-0.2, -0.15) is 0 Å². The molecule has 0 radical (unpaired) electrons. The van der Waals surface area contributed by atoms with Gasteiger partial charge in [0.05, 0.1) is 45.7 Å². The van der Waals surface area contributed by atoms with Crippen molar-refractivity contribution in [2.24, 2.45) is 5.11 Å². The summed E-state index contributed by atoms with van der Waals surface area (Å²) in [7, 11) is 1.61. The Kier molecular flexibility index (Phi) is 15.8. The third-order valence-electron chi connectivity index (χ3n) is 12.1. The van der Waals surface area contributed by atoms with E-state index in [1.807, 2.05) is 115 Å². The molecule has 4 aliphatic rings. The van der Waals surface area contributed by atoms with E-state index in [0.717, 1.165) is 22.3 Å². The fourth-order valence-electron chi connectivity index (χ4n) is 8.68. The first-order valence-corrected chi connectivity index (χ1v) is 22.5. The van der Waals surface area contributed by atoms with Crippen LogP contribution >= 0.6 is 0 Å². The number of hydrogen-bond acceptors (Lipinski definition) is 14. The standard InChI is InChI=1S/C52H53N3O13/c1-3-27-58-48(56)39-22-14-13-21-37(39)30-61-51-42(54-55-53)45(43-40(64-51)31-62-49(66-43)35-17-9-5-10-18-35)68-52-47(60-29-34-23-25-38(57-2)26-24-34)46(59-28-33-15-7-4-8-16-33)44-41(65-52)32-63-50(67-44)36-19-11-6-12-20-36/h3-26,40-47,49-52H,1,27-32H2,2H3/t40-,41-,42-,43-,44-,45-,46+,47+,49?,50?,51+,52+/m1/s1. The van der Waals surface area contributed by atoms with E-state index in [1.165, 1.54) is 6.08 Å². The van der Waals surface area contributed by atoms with E-state index >= 15 is 0 Å². The number of benzene rings is 5. The Bertz CT molecular complexity index is 2450. The zero-order valence-corrected chi connectivity index (χ0v) is 37.4. The highest BCUT2D eigenvalue weighted by atomic mass is 16.8. The average Bonchev–Trinajstić information content (AvgIpc) is 3.40. The van der Waals surface area contributed by atoms with Crippen molar-refractivity contribution in [1.29, 1.82) is 0 Å². The minimum Gasteiger partial charge on any atom is -0.497 e. The number of azide groups is 1. The van der Waals surface area contributed by atoms with Gasteiger partial charge in [-0.25, -0.2) is 4.79 Å². The summed E-state index contributed by atoms with van der Waals surface area (Å²) >= 11 is 0. The molecule has 4 saturated heterocycles. The summed E-state index contributed by atoms with van der Waals surface area (Å²) in [5.74, 6) is 0.146. The highest BCUT2D eigenvalue weighted by Gasteiger charge is 2.56. The summed E-state index contributed by atoms with van der Waals surface area (Å²) in [6.45, 7) is 4.08. The Morgan fingerprint density at radius 2 is 1.22 bits per heavy atom. The third-order valence-corrected chi connectivity index (χ3v) is 12.1. The van der Waals surface area contributed by atoms with E-state index in [-0.39, 0.29) is 39.6 Å². The van der Waals surface area contributed by atoms with Crippen LogP contribution in [0.1, 0.15) is 50.8 Å². The maximum absolute atomic E-state index is 13.1. The number of ether oxygens (including phenoxy) is 12. The van der Waals surface area contributed by atoms with Gasteiger partial charge in [0.25, 0.3) is 0 Å². The second-order valence-electron chi connectivity index (χ2n) is 16.5. The van der Waals surface area contributed by atoms with E-state index < -0.39 is 79.9 Å². The van der Waals surface area contributed by atoms with Gasteiger partial charge in [0.1, 0.15) is 61.1 Å². The highest BCUT2D eigenvalue weighted by Crippen LogP contribution is 2.42. The summed E-state index contributed by atoms with van der Waals surface area (Å²) in [5.41, 5.74) is 14.4. The molecule has 16 heteroatoms. The molecule has 0 bridgehead atoms. The zero-order chi connectivity index (χ0) is 46.7. The van der Waals surface area contributed by atoms with Crippen LogP contribution in [-0.4, -0.2) is 94.2 Å². The van der Waals surface area contributed by atoms with E-state index in [9.17, 15) is 10.3 Å². The number of esters is 1. The third kappa shape index (κ3) is 11.1. The van der Waals surface area contributed by atoms with Crippen LogP contribution in [0.4, 0.5) is 0 Å². The number of rotatable bonds is 18. The minimum absolute atomic E-state index is 0.0322. The van der Waals surface area contributed by atoms with E-state index in [2.05, 4.69) is 16.6 Å². The molecule has 16 nitrogen and oxygen atoms in total. The van der Waals surface area contributed by atoms with Crippen LogP contribution in [0.2, 0.25) is 0 Å². The van der Waals surface area contributed by atoms with Crippen molar-refractivity contribution < 1.29 is 61.6 Å². The van der Waals surface area contributed by atoms with Crippen LogP contribution in [0.3, 0.4) is 0 Å². The van der Waals surface area contributed by atoms with E-state index in [1.54, 1.807) is 31.4 Å². The smallest absolute Gasteiger partial charge is 0.338 e. The van der Waals surface area contributed by atoms with Gasteiger partial charge in [0.2, 0.25) is 0 Å². The lowest BCUT2D eigenvalue weighted by Crippen LogP contribution is -2.67. The van der Waals surface area contributed by atoms with Gasteiger partial charge in [-0.3, -0.25) is 0 Å². The fraction of sp³-hybridized carbons (Fsp3) is 0.365. The predicted octanol–water partition coefficient (Wildman–Crippen LogP) is 8.47. The first-order valence-electron chi connectivity index (χ1n) is 22.5. The Morgan fingerprint density at radius 1 is 0.662 bits per heavy atom. The first-order chi connectivity index (χ1) is 33.5. The number of methoxy groups -OCH3 is 1. The Hall–Kier alpha value is -5.98. The van der Waals surface area contributed by atoms with Gasteiger partial charge in [0.15, 0.2) is 25.2 Å². The van der Waals surface area contributed by atoms with Crippen molar-refractivity contribution in [3.8, 4) is 5.75 Å². The number of carbonyl (C=O) groups is 1. The molecule has 2 unspecified atom stereocenters. The van der Waals surface area contributed by atoms with E-state index in [4.69, 9.17) is 56.8 Å². The second-order valence-corrected chi connectivity index (χ2v) is 16.5. The van der Waals surface area contributed by atoms with E-state index in [0.29, 0.717) is 16.9 Å². The van der Waals surface area contributed by atoms with Crippen molar-refractivity contribution in [2.45, 2.75) is 93.8 Å². The molecule has 0 N–H and O–H groups in total. The molecule has 5 aromatic carbocycles. The molecular formula is C52H53N3O13. The van der Waals surface area contributed by atoms with Crippen molar-refractivity contribution in [1.82, 2.24) is 0 Å². The molecule has 9 rings (SSSR count). The van der Waals surface area contributed by atoms with Crippen molar-refractivity contribution >= 4 is 5.97 Å². The molecule has 5 aromatic rings. The molecule has 68 heavy (non-hydrogen) atoms. The van der Waals surface area contributed by atoms with Gasteiger partial charge in [-0.05, 0) is 40.4 Å². The summed E-state index contributed by atoms with van der Waals surface area (Å²) < 4.78 is 77.7. The van der Waals surface area contributed by atoms with Crippen molar-refractivity contribution in [3.05, 3.63) is 196 Å². The first kappa shape index (κ1) is 47.1. The number of carbonyl (C=O) groups excluding carboxylic acids is 1. The maximum Gasteiger partial charge on any atom is 0.338 e. The predicted molar refractivity (Wildman–Crippen MR) is 243 cm³/mol. The summed E-state index contributed by atoms with van der Waals surface area (Å²) in [4.78, 5) is 16.3. The van der Waals surface area contributed by atoms with Gasteiger partial charge in [-0.15, -0.1) is 0 Å². The molecular weight excluding hydrogens is 875 g/mol. The van der Waals surface area contributed by atoms with Crippen LogP contribution in [0, 0.1) is 0 Å². The minimum atomic E-state index is -1.22. The van der Waals surface area contributed by atoms with Crippen LogP contribution in [0.5, 0.6) is 5.75 Å². The van der Waals surface area contributed by atoms with Crippen LogP contribution < -0.4 is 4.74 Å². The van der Waals surface area contributed by atoms with Crippen molar-refractivity contribution in [3.63, 3.8) is 0 Å². The van der Waals surface area contributed by atoms with Gasteiger partial charge < -0.3 is 56.8 Å². The monoisotopic (exact) mass is 927 g/mol. The molecule has 12 atom stereocenters. The fourth-order valence-corrected chi connectivity index (χ4v) is 8.68. The Labute approximate surface area is 394 Å². The Balaban J connectivity index is 1.07. The average molecular weight is 928 g/mol. The molecule has 0 saturated carbocycles. The molecule has 354 valence electrons. The molecule has 0 spiro atoms. The van der Waals surface area contributed by atoms with Crippen LogP contribution in [0.15, 0.2) is 157 Å². The summed E-state index contributed by atoms with van der Waals surface area (Å²) in [5, 5.41) is 4.26. The lowest BCUT2D eigenvalue weighted by atomic mass is 9.94. The largest absolute Gasteiger partial charge is 0.497 e. The summed E-state index contributed by atoms with van der Waals surface area (Å²) in [6, 6.07) is 42.2. The Morgan fingerprint density at radius 3 is 1.84 bits per heavy atom. The molecule has 4 aliphatic heterocycles. The normalized spacial score (nSPS) is 28.8. The van der Waals surface area contributed by atoms with Crippen LogP contribution in [0.25, 0.3) is 10.4 Å².